The van der Waals surface area contributed by atoms with Crippen LogP contribution in [0.15, 0.2) is 22.6 Å². The third-order valence-corrected chi connectivity index (χ3v) is 6.30. The molecule has 2 unspecified atom stereocenters. The minimum atomic E-state index is -1.57. The molecule has 1 aromatic heterocycles. The Morgan fingerprint density at radius 3 is 2.71 bits per heavy atom. The predicted molar refractivity (Wildman–Crippen MR) is 104 cm³/mol. The molecule has 15 heteroatoms. The average Bonchev–Trinajstić information content (AvgIpc) is 3.13. The molecule has 0 bridgehead atoms. The molecule has 0 radical (unpaired) electrons. The summed E-state index contributed by atoms with van der Waals surface area (Å²) in [7, 11) is 1.26. The summed E-state index contributed by atoms with van der Waals surface area (Å²) in [5.41, 5.74) is 5.35. The van der Waals surface area contributed by atoms with Crippen molar-refractivity contribution in [2.45, 2.75) is 18.3 Å². The van der Waals surface area contributed by atoms with Gasteiger partial charge >= 0.3 is 35.5 Å². The molecule has 3 rings (SSSR count). The number of thiazole rings is 1. The van der Waals surface area contributed by atoms with Gasteiger partial charge < -0.3 is 30.5 Å². The number of carbonyl (C=O) groups excluding carboxylic acids is 4. The molecule has 0 aromatic carbocycles. The van der Waals surface area contributed by atoms with Gasteiger partial charge in [0.1, 0.15) is 25.1 Å². The fourth-order valence-corrected chi connectivity index (χ4v) is 4.86. The number of nitrogens with one attached hydrogen (secondary N) is 1. The molecule has 1 saturated heterocycles. The van der Waals surface area contributed by atoms with Gasteiger partial charge in [-0.05, 0) is 0 Å². The van der Waals surface area contributed by atoms with Crippen molar-refractivity contribution in [2.75, 3.05) is 25.2 Å². The Labute approximate surface area is 206 Å². The number of esters is 1. The number of hydrogen-bond acceptors (Lipinski definition) is 12. The van der Waals surface area contributed by atoms with E-state index in [0.29, 0.717) is 4.88 Å². The van der Waals surface area contributed by atoms with Crippen molar-refractivity contribution in [3.05, 3.63) is 22.3 Å². The van der Waals surface area contributed by atoms with Crippen LogP contribution in [0.2, 0.25) is 0 Å². The first-order valence-corrected chi connectivity index (χ1v) is 10.3. The fourth-order valence-electron chi connectivity index (χ4n) is 2.87. The first kappa shape index (κ1) is 25.1. The van der Waals surface area contributed by atoms with E-state index in [1.54, 1.807) is 0 Å². The van der Waals surface area contributed by atoms with E-state index in [2.05, 4.69) is 15.5 Å². The van der Waals surface area contributed by atoms with Crippen molar-refractivity contribution in [3.63, 3.8) is 0 Å². The Kier molecular flexibility index (Phi) is 8.48. The number of hydrogen-bond donors (Lipinski definition) is 2. The third kappa shape index (κ3) is 5.20. The Bertz CT molecular complexity index is 979. The minimum absolute atomic E-state index is 0. The molecule has 0 spiro atoms. The second-order valence-corrected chi connectivity index (χ2v) is 8.23. The molecule has 0 aliphatic carbocycles. The minimum Gasteiger partial charge on any atom is -0.543 e. The number of ether oxygens (including phenoxy) is 1. The van der Waals surface area contributed by atoms with Gasteiger partial charge in [-0.25, -0.2) is 4.98 Å². The Morgan fingerprint density at radius 1 is 1.45 bits per heavy atom. The number of nitrogens with two attached hydrogens (primary N) is 1. The van der Waals surface area contributed by atoms with Crippen LogP contribution in [0.5, 0.6) is 0 Å². The maximum atomic E-state index is 12.7. The van der Waals surface area contributed by atoms with Crippen LogP contribution in [0, 0.1) is 0 Å². The van der Waals surface area contributed by atoms with E-state index < -0.39 is 35.2 Å². The number of oxime groups is 1. The zero-order valence-corrected chi connectivity index (χ0v) is 20.4. The standard InChI is InChI=1S/C16H17N5O7S2.Na/c1-6(22)28-4-7-5-29-14-10(13(24)21(14)11(7)15(25)26)19-12(23)9(20-27-2)8-3-18-16(17)30-8;/h3,10,14H,4-5H2,1-2H3,(H2,17,18)(H,19,23)(H,25,26);/q;+1/p-1/b20-9-;. The van der Waals surface area contributed by atoms with E-state index >= 15 is 0 Å². The molecule has 3 N–H and O–H groups in total. The summed E-state index contributed by atoms with van der Waals surface area (Å²) in [5, 5.41) is 17.4. The van der Waals surface area contributed by atoms with Gasteiger partial charge in [0.15, 0.2) is 10.8 Å². The molecule has 0 saturated carbocycles. The van der Waals surface area contributed by atoms with Gasteiger partial charge in [-0.1, -0.05) is 16.5 Å². The summed E-state index contributed by atoms with van der Waals surface area (Å²) in [5.74, 6) is -3.31. The van der Waals surface area contributed by atoms with Gasteiger partial charge in [-0.15, -0.1) is 11.8 Å². The normalized spacial score (nSPS) is 20.3. The summed E-state index contributed by atoms with van der Waals surface area (Å²) >= 11 is 2.23. The third-order valence-electron chi connectivity index (χ3n) is 4.13. The topological polar surface area (TPSA) is 176 Å². The van der Waals surface area contributed by atoms with Gasteiger partial charge in [0.05, 0.1) is 16.5 Å². The number of carboxylic acid groups (broad SMARTS) is 1. The summed E-state index contributed by atoms with van der Waals surface area (Å²) in [6, 6.07) is -0.987. The maximum absolute atomic E-state index is 12.7. The number of rotatable bonds is 7. The Morgan fingerprint density at radius 2 is 2.16 bits per heavy atom. The van der Waals surface area contributed by atoms with Crippen molar-refractivity contribution < 1.29 is 63.4 Å². The van der Waals surface area contributed by atoms with Gasteiger partial charge in [0, 0.05) is 24.4 Å². The number of anilines is 1. The maximum Gasteiger partial charge on any atom is 1.00 e. The number of nitrogen functional groups attached to an aromatic ring is 1. The number of carboxylic acids is 1. The van der Waals surface area contributed by atoms with Crippen LogP contribution in [-0.2, 0) is 28.8 Å². The molecule has 12 nitrogen and oxygen atoms in total. The average molecular weight is 477 g/mol. The number of β-lactam (4-membered cyclic amide) rings is 1. The van der Waals surface area contributed by atoms with Gasteiger partial charge in [-0.2, -0.15) is 0 Å². The molecule has 31 heavy (non-hydrogen) atoms. The molecule has 2 aliphatic heterocycles. The van der Waals surface area contributed by atoms with Crippen LogP contribution < -0.4 is 45.7 Å². The van der Waals surface area contributed by atoms with Gasteiger partial charge in [0.25, 0.3) is 11.8 Å². The van der Waals surface area contributed by atoms with E-state index in [1.807, 2.05) is 0 Å². The molecular formula is C16H16N5NaO7S2. The number of aromatic nitrogens is 1. The monoisotopic (exact) mass is 477 g/mol. The molecule has 160 valence electrons. The predicted octanol–water partition coefficient (Wildman–Crippen LogP) is -4.95. The molecule has 1 fully saturated rings. The van der Waals surface area contributed by atoms with E-state index in [-0.39, 0.29) is 64.0 Å². The smallest absolute Gasteiger partial charge is 0.543 e. The molecule has 3 heterocycles. The summed E-state index contributed by atoms with van der Waals surface area (Å²) < 4.78 is 4.85. The number of fused-ring (bicyclic) bond motifs is 1. The Hall–Kier alpha value is -2.13. The van der Waals surface area contributed by atoms with E-state index in [9.17, 15) is 24.3 Å². The number of nitrogens with zero attached hydrogens (tertiary/aromatic N) is 3. The van der Waals surface area contributed by atoms with Gasteiger partial charge in [0.2, 0.25) is 0 Å². The van der Waals surface area contributed by atoms with Crippen LogP contribution in [-0.4, -0.2) is 70.2 Å². The SMILES string of the molecule is CO/N=C(\C(=O)NC1C(=O)N2C(C(=O)[O-])=C(COC(C)=O)CSC12)c1cnc(N)s1.[Na+]. The largest absolute Gasteiger partial charge is 1.00 e. The Balaban J connectivity index is 0.00000341. The van der Waals surface area contributed by atoms with Crippen LogP contribution in [0.1, 0.15) is 11.8 Å². The van der Waals surface area contributed by atoms with Crippen LogP contribution >= 0.6 is 23.1 Å². The zero-order chi connectivity index (χ0) is 22.0. The first-order valence-electron chi connectivity index (χ1n) is 8.39. The quantitative estimate of drug-likeness (QED) is 0.127. The van der Waals surface area contributed by atoms with E-state index in [0.717, 1.165) is 16.2 Å². The fraction of sp³-hybridized carbons (Fsp3) is 0.375. The molecule has 2 atom stereocenters. The molecule has 2 aliphatic rings. The van der Waals surface area contributed by atoms with E-state index in [1.165, 1.54) is 32.0 Å². The van der Waals surface area contributed by atoms with Crippen LogP contribution in [0.3, 0.4) is 0 Å². The summed E-state index contributed by atoms with van der Waals surface area (Å²) in [4.78, 5) is 57.8. The summed E-state index contributed by atoms with van der Waals surface area (Å²) in [6.45, 7) is 0.922. The van der Waals surface area contributed by atoms with Crippen molar-refractivity contribution in [1.29, 1.82) is 0 Å². The van der Waals surface area contributed by atoms with Crippen molar-refractivity contribution in [1.82, 2.24) is 15.2 Å². The van der Waals surface area contributed by atoms with Crippen molar-refractivity contribution in [2.24, 2.45) is 5.16 Å². The van der Waals surface area contributed by atoms with E-state index in [4.69, 9.17) is 15.3 Å². The molecule has 1 aromatic rings. The number of aliphatic carboxylic acids is 1. The molecule has 2 amide bonds. The first-order chi connectivity index (χ1) is 14.2. The van der Waals surface area contributed by atoms with Gasteiger partial charge in [-0.3, -0.25) is 19.3 Å². The number of thioether (sulfide) groups is 1. The zero-order valence-electron chi connectivity index (χ0n) is 16.7. The number of amides is 2. The second-order valence-electron chi connectivity index (χ2n) is 6.07. The van der Waals surface area contributed by atoms with Crippen LogP contribution in [0.4, 0.5) is 5.13 Å². The summed E-state index contributed by atoms with van der Waals surface area (Å²) in [6.07, 6.45) is 1.35. The van der Waals surface area contributed by atoms with Crippen molar-refractivity contribution >= 4 is 57.7 Å². The van der Waals surface area contributed by atoms with Crippen LogP contribution in [0.25, 0.3) is 0 Å². The molecular weight excluding hydrogens is 461 g/mol. The number of carbonyl (C=O) groups is 4. The van der Waals surface area contributed by atoms with Crippen molar-refractivity contribution in [3.8, 4) is 0 Å². The second kappa shape index (κ2) is 10.5.